The highest BCUT2D eigenvalue weighted by Gasteiger charge is 2.13. The minimum absolute atomic E-state index is 0.169. The van der Waals surface area contributed by atoms with E-state index in [2.05, 4.69) is 19.3 Å². The van der Waals surface area contributed by atoms with Crippen LogP contribution in [0.15, 0.2) is 22.2 Å². The monoisotopic (exact) mass is 181 g/mol. The van der Waals surface area contributed by atoms with Gasteiger partial charge in [-0.15, -0.1) is 5.10 Å². The van der Waals surface area contributed by atoms with E-state index in [1.165, 1.54) is 11.5 Å². The summed E-state index contributed by atoms with van der Waals surface area (Å²) in [6.07, 6.45) is 1.55. The molecule has 1 unspecified atom stereocenters. The van der Waals surface area contributed by atoms with E-state index in [4.69, 9.17) is 0 Å². The molecule has 0 bridgehead atoms. The summed E-state index contributed by atoms with van der Waals surface area (Å²) in [5.41, 5.74) is 1.83. The van der Waals surface area contributed by atoms with Crippen LogP contribution >= 0.6 is 11.5 Å². The quantitative estimate of drug-likeness (QED) is 0.707. The van der Waals surface area contributed by atoms with Gasteiger partial charge in [0.05, 0.1) is 5.69 Å². The van der Waals surface area contributed by atoms with E-state index >= 15 is 0 Å². The Labute approximate surface area is 73.4 Å². The van der Waals surface area contributed by atoms with Crippen LogP contribution in [0.2, 0.25) is 0 Å². The molecule has 2 aromatic rings. The average molecular weight is 181 g/mol. The Morgan fingerprint density at radius 2 is 2.42 bits per heavy atom. The third kappa shape index (κ3) is 1.23. The van der Waals surface area contributed by atoms with Crippen molar-refractivity contribution in [2.24, 2.45) is 0 Å². The van der Waals surface area contributed by atoms with Crippen LogP contribution in [0.5, 0.6) is 0 Å². The minimum Gasteiger partial charge on any atom is -0.345 e. The molecule has 0 amide bonds. The van der Waals surface area contributed by atoms with Gasteiger partial charge >= 0.3 is 0 Å². The van der Waals surface area contributed by atoms with Gasteiger partial charge in [0.15, 0.2) is 0 Å². The maximum atomic E-state index is 4.65. The van der Waals surface area contributed by atoms with Crippen molar-refractivity contribution in [2.45, 2.75) is 12.8 Å². The molecule has 0 saturated heterocycles. The zero-order valence-corrected chi connectivity index (χ0v) is 7.28. The zero-order chi connectivity index (χ0) is 8.39. The molecule has 5 heteroatoms. The molecule has 4 nitrogen and oxygen atoms in total. The Hall–Kier alpha value is -1.23. The van der Waals surface area contributed by atoms with Crippen molar-refractivity contribution in [2.75, 3.05) is 0 Å². The second-order valence-corrected chi connectivity index (χ2v) is 3.14. The maximum Gasteiger partial charge on any atom is 0.148 e. The normalized spacial score (nSPS) is 13.1. The number of nitrogens with zero attached hydrogens (tertiary/aromatic N) is 3. The van der Waals surface area contributed by atoms with Gasteiger partial charge < -0.3 is 4.52 Å². The molecule has 0 N–H and O–H groups in total. The van der Waals surface area contributed by atoms with Crippen molar-refractivity contribution in [3.05, 3.63) is 29.1 Å². The Bertz CT molecular complexity index is 295. The third-order valence-corrected chi connectivity index (χ3v) is 2.30. The Balaban J connectivity index is 2.27. The van der Waals surface area contributed by atoms with Gasteiger partial charge in [0.2, 0.25) is 0 Å². The summed E-state index contributed by atoms with van der Waals surface area (Å²) in [7, 11) is 0. The lowest BCUT2D eigenvalue weighted by Crippen LogP contribution is -1.95. The summed E-state index contributed by atoms with van der Waals surface area (Å²) in [6.45, 7) is 2.02. The molecule has 2 rings (SSSR count). The van der Waals surface area contributed by atoms with Crippen LogP contribution in [0.25, 0.3) is 0 Å². The number of hydrogen-bond donors (Lipinski definition) is 0. The second kappa shape index (κ2) is 3.02. The fraction of sp³-hybridized carbons (Fsp3) is 0.286. The summed E-state index contributed by atoms with van der Waals surface area (Å²) >= 11 is 1.44. The van der Waals surface area contributed by atoms with Crippen molar-refractivity contribution in [3.63, 3.8) is 0 Å². The maximum absolute atomic E-state index is 4.65. The van der Waals surface area contributed by atoms with Crippen molar-refractivity contribution in [3.8, 4) is 0 Å². The Kier molecular flexibility index (Phi) is 1.87. The van der Waals surface area contributed by atoms with Crippen LogP contribution in [0, 0.1) is 0 Å². The highest BCUT2D eigenvalue weighted by molar-refractivity contribution is 7.03. The van der Waals surface area contributed by atoms with E-state index < -0.39 is 0 Å². The van der Waals surface area contributed by atoms with E-state index in [9.17, 15) is 0 Å². The summed E-state index contributed by atoms with van der Waals surface area (Å²) in [5, 5.41) is 9.17. The number of hydrogen-bond acceptors (Lipinski definition) is 5. The predicted molar refractivity (Wildman–Crippen MR) is 43.9 cm³/mol. The van der Waals surface area contributed by atoms with E-state index in [0.29, 0.717) is 0 Å². The van der Waals surface area contributed by atoms with Gasteiger partial charge in [0.1, 0.15) is 12.0 Å². The van der Waals surface area contributed by atoms with E-state index in [1.807, 2.05) is 18.4 Å². The first kappa shape index (κ1) is 7.42. The summed E-state index contributed by atoms with van der Waals surface area (Å²) in [4.78, 5) is 0. The van der Waals surface area contributed by atoms with E-state index in [0.717, 1.165) is 11.4 Å². The first-order valence-corrected chi connectivity index (χ1v) is 4.39. The van der Waals surface area contributed by atoms with Crippen molar-refractivity contribution < 1.29 is 4.52 Å². The van der Waals surface area contributed by atoms with Gasteiger partial charge in [-0.25, -0.2) is 0 Å². The number of rotatable bonds is 2. The fourth-order valence-corrected chi connectivity index (χ4v) is 1.56. The highest BCUT2D eigenvalue weighted by atomic mass is 32.1. The van der Waals surface area contributed by atoms with Crippen molar-refractivity contribution >= 4 is 11.5 Å². The molecular weight excluding hydrogens is 174 g/mol. The molecular formula is C7H7N3OS. The van der Waals surface area contributed by atoms with Crippen molar-refractivity contribution in [1.29, 1.82) is 0 Å². The van der Waals surface area contributed by atoms with Crippen LogP contribution in [-0.2, 0) is 0 Å². The highest BCUT2D eigenvalue weighted by Crippen LogP contribution is 2.20. The number of aromatic nitrogens is 3. The molecule has 62 valence electrons. The Morgan fingerprint density at radius 3 is 3.00 bits per heavy atom. The lowest BCUT2D eigenvalue weighted by atomic mass is 10.1. The van der Waals surface area contributed by atoms with Gasteiger partial charge in [0.25, 0.3) is 0 Å². The van der Waals surface area contributed by atoms with Gasteiger partial charge in [-0.1, -0.05) is 6.92 Å². The van der Waals surface area contributed by atoms with Crippen molar-refractivity contribution in [1.82, 2.24) is 14.7 Å². The third-order valence-electron chi connectivity index (χ3n) is 1.72. The van der Waals surface area contributed by atoms with Crippen LogP contribution in [0.4, 0.5) is 0 Å². The summed E-state index contributed by atoms with van der Waals surface area (Å²) in [5.74, 6) is 0.169. The molecule has 2 aromatic heterocycles. The molecule has 0 spiro atoms. The molecule has 1 atom stereocenters. The van der Waals surface area contributed by atoms with Gasteiger partial charge in [-0.2, -0.15) is 4.37 Å². The molecule has 0 saturated carbocycles. The SMILES string of the molecule is CC(c1conn1)c1ccsn1. The summed E-state index contributed by atoms with van der Waals surface area (Å²) < 4.78 is 8.85. The first-order chi connectivity index (χ1) is 5.88. The molecule has 12 heavy (non-hydrogen) atoms. The first-order valence-electron chi connectivity index (χ1n) is 3.55. The lowest BCUT2D eigenvalue weighted by molar-refractivity contribution is 0.392. The van der Waals surface area contributed by atoms with Gasteiger partial charge in [-0.3, -0.25) is 0 Å². The fourth-order valence-electron chi connectivity index (χ4n) is 0.957. The standard InChI is InChI=1S/C7H7N3OS/c1-5(6-2-3-12-9-6)7-4-11-10-8-7/h2-5H,1H3. The zero-order valence-electron chi connectivity index (χ0n) is 6.47. The predicted octanol–water partition coefficient (Wildman–Crippen LogP) is 1.68. The molecule has 0 aliphatic carbocycles. The molecule has 0 fully saturated rings. The van der Waals surface area contributed by atoms with Crippen LogP contribution in [0.3, 0.4) is 0 Å². The van der Waals surface area contributed by atoms with Crippen LogP contribution in [0.1, 0.15) is 24.2 Å². The average Bonchev–Trinajstić information content (AvgIpc) is 2.77. The largest absolute Gasteiger partial charge is 0.345 e. The second-order valence-electron chi connectivity index (χ2n) is 2.48. The molecule has 2 heterocycles. The van der Waals surface area contributed by atoms with E-state index in [-0.39, 0.29) is 5.92 Å². The topological polar surface area (TPSA) is 51.8 Å². The Morgan fingerprint density at radius 1 is 1.50 bits per heavy atom. The summed E-state index contributed by atoms with van der Waals surface area (Å²) in [6, 6.07) is 1.98. The molecule has 0 aliphatic rings. The van der Waals surface area contributed by atoms with Crippen LogP contribution < -0.4 is 0 Å². The lowest BCUT2D eigenvalue weighted by Gasteiger charge is -2.00. The molecule has 0 aromatic carbocycles. The minimum atomic E-state index is 0.169. The smallest absolute Gasteiger partial charge is 0.148 e. The van der Waals surface area contributed by atoms with Crippen LogP contribution in [-0.4, -0.2) is 14.7 Å². The van der Waals surface area contributed by atoms with Gasteiger partial charge in [-0.05, 0) is 17.6 Å². The molecule has 0 aliphatic heterocycles. The van der Waals surface area contributed by atoms with E-state index in [1.54, 1.807) is 6.26 Å². The van der Waals surface area contributed by atoms with Gasteiger partial charge in [0, 0.05) is 16.6 Å². The molecule has 0 radical (unpaired) electrons.